The van der Waals surface area contributed by atoms with Gasteiger partial charge in [0.05, 0.1) is 24.0 Å². The zero-order valence-corrected chi connectivity index (χ0v) is 41.6. The van der Waals surface area contributed by atoms with Gasteiger partial charge in [-0.1, -0.05) is 81.5 Å². The van der Waals surface area contributed by atoms with Crippen LogP contribution in [-0.4, -0.2) is 148 Å². The number of nitrogens with zero attached hydrogens (tertiary/aromatic N) is 2. The Labute approximate surface area is 417 Å². The number of aliphatic carboxylic acids is 3. The van der Waals surface area contributed by atoms with Crippen LogP contribution in [0.4, 0.5) is 0 Å². The van der Waals surface area contributed by atoms with Crippen molar-refractivity contribution in [1.82, 2.24) is 36.8 Å². The number of aliphatic imine (C=N–C) groups is 1. The van der Waals surface area contributed by atoms with E-state index >= 15 is 0 Å². The highest BCUT2D eigenvalue weighted by Crippen LogP contribution is 2.19. The fourth-order valence-electron chi connectivity index (χ4n) is 7.29. The third-order valence-electron chi connectivity index (χ3n) is 11.9. The number of benzene rings is 1. The topological polar surface area (TPSA) is 380 Å². The van der Waals surface area contributed by atoms with E-state index in [-0.39, 0.29) is 37.4 Å². The molecule has 10 unspecified atom stereocenters. The molecule has 1 saturated heterocycles. The van der Waals surface area contributed by atoms with E-state index in [1.807, 2.05) is 43.3 Å². The van der Waals surface area contributed by atoms with Gasteiger partial charge in [-0.15, -0.1) is 0 Å². The smallest absolute Gasteiger partial charge is 0.327 e. The first-order valence-corrected chi connectivity index (χ1v) is 23.2. The Bertz CT molecular complexity index is 2230. The van der Waals surface area contributed by atoms with Crippen molar-refractivity contribution < 1.29 is 68.0 Å². The Kier molecular flexibility index (Phi) is 24.8. The van der Waals surface area contributed by atoms with Gasteiger partial charge in [-0.3, -0.25) is 43.3 Å². The first kappa shape index (κ1) is 60.5. The SMILES string of the molecule is C=C1C(=O)NC(C)C(=O)NC(CCC(=O)O)C(=O)NC(C(=O)O)C(C)C(=O)NC(CCCN=C(N)N)C(=O)NC(C=CC(C)=CC(C)C(Cc2ccccc2)OC)C(C)C(=O)NC(C(=O)O)CCC(=O)N1C. The first-order chi connectivity index (χ1) is 33.8. The lowest BCUT2D eigenvalue weighted by Crippen LogP contribution is -2.59. The van der Waals surface area contributed by atoms with Crippen molar-refractivity contribution in [3.05, 3.63) is 72.0 Å². The molecule has 10 atom stereocenters. The van der Waals surface area contributed by atoms with Gasteiger partial charge < -0.3 is 68.3 Å². The van der Waals surface area contributed by atoms with E-state index in [4.69, 9.17) is 16.2 Å². The quantitative estimate of drug-likeness (QED) is 0.0325. The van der Waals surface area contributed by atoms with Gasteiger partial charge in [0.25, 0.3) is 5.91 Å². The molecular formula is C48H70N10O14. The molecule has 0 bridgehead atoms. The summed E-state index contributed by atoms with van der Waals surface area (Å²) in [6, 6.07) is 0.121. The number of nitrogens with one attached hydrogen (secondary N) is 6. The van der Waals surface area contributed by atoms with Crippen LogP contribution in [-0.2, 0) is 59.1 Å². The molecule has 0 radical (unpaired) electrons. The lowest BCUT2D eigenvalue weighted by molar-refractivity contribution is -0.147. The lowest BCUT2D eigenvalue weighted by atomic mass is 9.94. The Morgan fingerprint density at radius 1 is 0.833 bits per heavy atom. The number of likely N-dealkylation sites (N-methyl/N-ethyl adjacent to an activating group) is 1. The molecule has 1 heterocycles. The third-order valence-corrected chi connectivity index (χ3v) is 11.9. The highest BCUT2D eigenvalue weighted by atomic mass is 16.5. The monoisotopic (exact) mass is 1010 g/mol. The van der Waals surface area contributed by atoms with E-state index in [0.717, 1.165) is 24.4 Å². The fourth-order valence-corrected chi connectivity index (χ4v) is 7.29. The number of hydrogen-bond donors (Lipinski definition) is 11. The Morgan fingerprint density at radius 2 is 1.43 bits per heavy atom. The molecule has 7 amide bonds. The number of carbonyl (C=O) groups is 10. The molecule has 396 valence electrons. The predicted molar refractivity (Wildman–Crippen MR) is 262 cm³/mol. The summed E-state index contributed by atoms with van der Waals surface area (Å²) in [5.41, 5.74) is 12.2. The molecular weight excluding hydrogens is 941 g/mol. The van der Waals surface area contributed by atoms with Crippen LogP contribution < -0.4 is 43.4 Å². The minimum atomic E-state index is -2.03. The maximum Gasteiger partial charge on any atom is 0.327 e. The number of amides is 7. The molecule has 0 aromatic heterocycles. The number of ether oxygens (including phenoxy) is 1. The third kappa shape index (κ3) is 20.0. The summed E-state index contributed by atoms with van der Waals surface area (Å²) in [7, 11) is 2.75. The molecule has 24 nitrogen and oxygen atoms in total. The van der Waals surface area contributed by atoms with Crippen molar-refractivity contribution in [3.63, 3.8) is 0 Å². The van der Waals surface area contributed by atoms with Gasteiger partial charge in [0.2, 0.25) is 35.4 Å². The number of hydrogen-bond acceptors (Lipinski definition) is 12. The second-order valence-electron chi connectivity index (χ2n) is 17.6. The van der Waals surface area contributed by atoms with Crippen LogP contribution in [0.1, 0.15) is 78.7 Å². The number of carboxylic acids is 3. The molecule has 1 aliphatic rings. The number of carboxylic acid groups (broad SMARTS) is 3. The molecule has 72 heavy (non-hydrogen) atoms. The lowest BCUT2D eigenvalue weighted by Gasteiger charge is -2.28. The molecule has 24 heteroatoms. The number of methoxy groups -OCH3 is 1. The van der Waals surface area contributed by atoms with Gasteiger partial charge in [0.15, 0.2) is 5.96 Å². The number of nitrogens with two attached hydrogens (primary N) is 2. The zero-order valence-electron chi connectivity index (χ0n) is 41.6. The highest BCUT2D eigenvalue weighted by molar-refractivity contribution is 6.00. The van der Waals surface area contributed by atoms with Crippen LogP contribution in [0.25, 0.3) is 0 Å². The molecule has 2 rings (SSSR count). The molecule has 0 saturated carbocycles. The van der Waals surface area contributed by atoms with Crippen LogP contribution in [0.5, 0.6) is 0 Å². The van der Waals surface area contributed by atoms with Crippen molar-refractivity contribution in [1.29, 1.82) is 0 Å². The van der Waals surface area contributed by atoms with Gasteiger partial charge in [-0.05, 0) is 51.5 Å². The van der Waals surface area contributed by atoms with E-state index in [9.17, 15) is 63.3 Å². The van der Waals surface area contributed by atoms with Crippen LogP contribution in [0.3, 0.4) is 0 Å². The fraction of sp³-hybridized carbons (Fsp3) is 0.521. The zero-order chi connectivity index (χ0) is 54.4. The van der Waals surface area contributed by atoms with Crippen molar-refractivity contribution >= 4 is 65.2 Å². The number of rotatable bonds is 16. The highest BCUT2D eigenvalue weighted by Gasteiger charge is 2.37. The van der Waals surface area contributed by atoms with E-state index in [1.165, 1.54) is 19.9 Å². The molecule has 1 aliphatic heterocycles. The molecule has 0 spiro atoms. The summed E-state index contributed by atoms with van der Waals surface area (Å²) >= 11 is 0. The molecule has 1 aromatic carbocycles. The van der Waals surface area contributed by atoms with Crippen LogP contribution in [0.15, 0.2) is 71.4 Å². The largest absolute Gasteiger partial charge is 0.481 e. The van der Waals surface area contributed by atoms with Crippen molar-refractivity contribution in [2.45, 2.75) is 122 Å². The van der Waals surface area contributed by atoms with Crippen LogP contribution in [0, 0.1) is 17.8 Å². The summed E-state index contributed by atoms with van der Waals surface area (Å²) in [6.07, 6.45) is 3.06. The summed E-state index contributed by atoms with van der Waals surface area (Å²) in [4.78, 5) is 137. The second-order valence-corrected chi connectivity index (χ2v) is 17.6. The van der Waals surface area contributed by atoms with Crippen molar-refractivity contribution in [2.75, 3.05) is 20.7 Å². The Balaban J connectivity index is 2.74. The van der Waals surface area contributed by atoms with Gasteiger partial charge in [0.1, 0.15) is 35.9 Å². The second kappa shape index (κ2) is 29.5. The van der Waals surface area contributed by atoms with Gasteiger partial charge in [-0.2, -0.15) is 0 Å². The summed E-state index contributed by atoms with van der Waals surface area (Å²) in [5.74, 6) is -14.8. The Morgan fingerprint density at radius 3 is 2.01 bits per heavy atom. The summed E-state index contributed by atoms with van der Waals surface area (Å²) in [5, 5.41) is 44.1. The maximum absolute atomic E-state index is 14.3. The minimum Gasteiger partial charge on any atom is -0.481 e. The molecule has 13 N–H and O–H groups in total. The standard InChI is InChI=1S/C48H70N10O14/c1-25(23-26(2)36(72-8)24-31-13-10-9-11-14-31)16-17-32-27(3)40(62)56-35(46(68)69)18-20-37(59)58(7)30(6)43(65)52-29(5)42(64)55-34(19-21-38(60)61)45(67)57-39(47(70)71)28(4)41(63)54-33(44(66)53-32)15-12-22-51-48(49)50/h9-11,13-14,16-17,23,26-29,32-36,39H,6,12,15,18-22,24H2,1-5,7-8H3,(H,52,65)(H,53,66)(H,54,63)(H,55,64)(H,56,62)(H,57,67)(H,60,61)(H,68,69)(H,70,71)(H4,49,50,51). The molecule has 1 aromatic rings. The van der Waals surface area contributed by atoms with Gasteiger partial charge >= 0.3 is 17.9 Å². The molecule has 0 aliphatic carbocycles. The average Bonchev–Trinajstić information content (AvgIpc) is 3.32. The van der Waals surface area contributed by atoms with Crippen LogP contribution >= 0.6 is 0 Å². The van der Waals surface area contributed by atoms with Gasteiger partial charge in [0, 0.05) is 39.5 Å². The van der Waals surface area contributed by atoms with E-state index in [0.29, 0.717) is 12.0 Å². The molecule has 1 fully saturated rings. The predicted octanol–water partition coefficient (Wildman–Crippen LogP) is -0.563. The van der Waals surface area contributed by atoms with Crippen LogP contribution in [0.2, 0.25) is 0 Å². The van der Waals surface area contributed by atoms with E-state index in [2.05, 4.69) is 43.5 Å². The van der Waals surface area contributed by atoms with Crippen molar-refractivity contribution in [2.24, 2.45) is 34.2 Å². The minimum absolute atomic E-state index is 0.0167. The first-order valence-electron chi connectivity index (χ1n) is 23.2. The number of carbonyl (C=O) groups excluding carboxylic acids is 7. The summed E-state index contributed by atoms with van der Waals surface area (Å²) in [6.45, 7) is 11.0. The number of allylic oxidation sites excluding steroid dienone is 2. The maximum atomic E-state index is 14.3. The van der Waals surface area contributed by atoms with E-state index in [1.54, 1.807) is 20.1 Å². The van der Waals surface area contributed by atoms with Crippen molar-refractivity contribution in [3.8, 4) is 0 Å². The van der Waals surface area contributed by atoms with E-state index < -0.39 is 139 Å². The average molecular weight is 1010 g/mol. The summed E-state index contributed by atoms with van der Waals surface area (Å²) < 4.78 is 5.80. The number of guanidine groups is 1. The van der Waals surface area contributed by atoms with Gasteiger partial charge in [-0.25, -0.2) is 9.59 Å². The Hall–Kier alpha value is -7.63. The normalized spacial score (nSPS) is 25.0.